The summed E-state index contributed by atoms with van der Waals surface area (Å²) in [5, 5.41) is 56.8. The molecule has 1 aliphatic heterocycles. The van der Waals surface area contributed by atoms with E-state index in [2.05, 4.69) is 74.7 Å². The van der Waals surface area contributed by atoms with E-state index in [0.717, 1.165) is 70.6 Å². The van der Waals surface area contributed by atoms with Crippen molar-refractivity contribution in [2.45, 2.75) is 320 Å². The van der Waals surface area contributed by atoms with Gasteiger partial charge in [-0.25, -0.2) is 0 Å². The van der Waals surface area contributed by atoms with E-state index >= 15 is 0 Å². The van der Waals surface area contributed by atoms with Crippen LogP contribution in [-0.2, 0) is 23.8 Å². The van der Waals surface area contributed by atoms with Gasteiger partial charge in [-0.1, -0.05) is 254 Å². The average molecular weight is 1080 g/mol. The Labute approximate surface area is 471 Å². The van der Waals surface area contributed by atoms with Gasteiger partial charge in [0, 0.05) is 12.8 Å². The van der Waals surface area contributed by atoms with Crippen LogP contribution < -0.4 is 5.32 Å². The third kappa shape index (κ3) is 41.7. The quantitative estimate of drug-likeness (QED) is 0.0195. The van der Waals surface area contributed by atoms with E-state index in [1.54, 1.807) is 12.2 Å². The number of carbonyl (C=O) groups excluding carboxylic acids is 2. The van der Waals surface area contributed by atoms with Gasteiger partial charge in [0.2, 0.25) is 5.91 Å². The minimum absolute atomic E-state index is 0.0804. The summed E-state index contributed by atoms with van der Waals surface area (Å²) >= 11 is 0. The van der Waals surface area contributed by atoms with Crippen LogP contribution >= 0.6 is 0 Å². The van der Waals surface area contributed by atoms with Crippen LogP contribution in [0.1, 0.15) is 271 Å². The number of ether oxygens (including phenoxy) is 3. The van der Waals surface area contributed by atoms with Crippen molar-refractivity contribution < 1.29 is 49.3 Å². The van der Waals surface area contributed by atoms with E-state index in [0.29, 0.717) is 12.8 Å². The van der Waals surface area contributed by atoms with Gasteiger partial charge in [-0.15, -0.1) is 0 Å². The summed E-state index contributed by atoms with van der Waals surface area (Å²) in [6.07, 6.45) is 58.2. The van der Waals surface area contributed by atoms with Crippen molar-refractivity contribution in [2.75, 3.05) is 13.2 Å². The number of hydrogen-bond donors (Lipinski definition) is 6. The molecule has 11 nitrogen and oxygen atoms in total. The number of unbranched alkanes of at least 4 members (excludes halogenated alkanes) is 30. The molecule has 0 aromatic heterocycles. The first-order chi connectivity index (χ1) is 37.7. The van der Waals surface area contributed by atoms with E-state index in [1.165, 1.54) is 154 Å². The summed E-state index contributed by atoms with van der Waals surface area (Å²) in [6, 6.07) is -1.06. The summed E-state index contributed by atoms with van der Waals surface area (Å²) in [5.41, 5.74) is 0. The second kappa shape index (κ2) is 53.7. The van der Waals surface area contributed by atoms with E-state index in [9.17, 15) is 35.1 Å². The van der Waals surface area contributed by atoms with Gasteiger partial charge in [0.15, 0.2) is 12.4 Å². The van der Waals surface area contributed by atoms with Crippen LogP contribution in [0.15, 0.2) is 72.9 Å². The first-order valence-electron chi connectivity index (χ1n) is 31.7. The van der Waals surface area contributed by atoms with Crippen molar-refractivity contribution >= 4 is 11.9 Å². The van der Waals surface area contributed by atoms with Crippen LogP contribution in [0.5, 0.6) is 0 Å². The first-order valence-corrected chi connectivity index (χ1v) is 31.7. The zero-order valence-corrected chi connectivity index (χ0v) is 49.3. The van der Waals surface area contributed by atoms with Gasteiger partial charge in [0.1, 0.15) is 24.4 Å². The third-order valence-electron chi connectivity index (χ3n) is 14.6. The first kappa shape index (κ1) is 72.1. The molecule has 1 saturated heterocycles. The number of nitrogens with one attached hydrogen (secondary N) is 1. The van der Waals surface area contributed by atoms with E-state index < -0.39 is 67.4 Å². The van der Waals surface area contributed by atoms with Gasteiger partial charge in [0.05, 0.1) is 25.4 Å². The van der Waals surface area contributed by atoms with Crippen molar-refractivity contribution in [3.05, 3.63) is 72.9 Å². The molecule has 1 fully saturated rings. The predicted octanol–water partition coefficient (Wildman–Crippen LogP) is 15.2. The molecule has 0 aromatic rings. The molecule has 0 aliphatic carbocycles. The predicted molar refractivity (Wildman–Crippen MR) is 319 cm³/mol. The lowest BCUT2D eigenvalue weighted by atomic mass is 9.99. The topological polar surface area (TPSA) is 175 Å². The Bertz CT molecular complexity index is 1530. The monoisotopic (exact) mass is 1080 g/mol. The van der Waals surface area contributed by atoms with Crippen molar-refractivity contribution in [3.63, 3.8) is 0 Å². The minimum atomic E-state index is -1.63. The Kier molecular flexibility index (Phi) is 50.3. The Morgan fingerprint density at radius 2 is 0.896 bits per heavy atom. The molecule has 1 rings (SSSR count). The summed E-state index contributed by atoms with van der Waals surface area (Å²) in [4.78, 5) is 26.5. The normalized spacial score (nSPS) is 19.5. The van der Waals surface area contributed by atoms with Gasteiger partial charge in [-0.2, -0.15) is 0 Å². The number of allylic oxidation sites excluding steroid dienone is 10. The molecule has 6 N–H and O–H groups in total. The number of hydrogen-bond acceptors (Lipinski definition) is 10. The largest absolute Gasteiger partial charge is 0.454 e. The molecule has 0 aromatic carbocycles. The molecule has 11 heteroatoms. The molecule has 0 spiro atoms. The van der Waals surface area contributed by atoms with E-state index in [4.69, 9.17) is 14.2 Å². The standard InChI is InChI=1S/C66H117NO10/c1-4-7-10-13-16-19-22-25-26-27-28-29-30-31-32-33-34-36-39-42-45-48-51-54-61(71)77-64-63(73)62(72)60(55-68)76-66(64)75-56-57(58(69)52-49-46-43-40-38-35-23-20-17-14-11-8-5-2)67-65(74)59(70)53-50-47-44-41-37-24-21-18-15-12-9-6-3/h16,19,25-26,28-29,37,41,47,49-50,52,57-60,62-64,66,68-70,72-73H,4-15,17-18,20-24,27,30-36,38-40,42-46,48,51,53-56H2,1-3H3,(H,67,74)/b19-16-,26-25-,29-28-,41-37-,50-47+,52-49+. The van der Waals surface area contributed by atoms with Crippen LogP contribution in [0.2, 0.25) is 0 Å². The molecule has 8 unspecified atom stereocenters. The van der Waals surface area contributed by atoms with Crippen LogP contribution in [-0.4, -0.2) is 99.6 Å². The highest BCUT2D eigenvalue weighted by molar-refractivity contribution is 5.81. The molecular weight excluding hydrogens is 967 g/mol. The average Bonchev–Trinajstić information content (AvgIpc) is 3.43. The second-order valence-electron chi connectivity index (χ2n) is 21.8. The zero-order chi connectivity index (χ0) is 56.1. The van der Waals surface area contributed by atoms with Crippen molar-refractivity contribution in [1.29, 1.82) is 0 Å². The molecule has 0 bridgehead atoms. The van der Waals surface area contributed by atoms with Gasteiger partial charge in [-0.3, -0.25) is 9.59 Å². The van der Waals surface area contributed by atoms with Gasteiger partial charge < -0.3 is 45.1 Å². The van der Waals surface area contributed by atoms with Crippen LogP contribution in [0.3, 0.4) is 0 Å². The van der Waals surface area contributed by atoms with Crippen molar-refractivity contribution in [2.24, 2.45) is 0 Å². The minimum Gasteiger partial charge on any atom is -0.454 e. The number of amides is 1. The fraction of sp³-hybridized carbons (Fsp3) is 0.788. The molecular formula is C66H117NO10. The maximum atomic E-state index is 13.3. The lowest BCUT2D eigenvalue weighted by Crippen LogP contribution is -2.61. The summed E-state index contributed by atoms with van der Waals surface area (Å²) in [5.74, 6) is -1.27. The molecule has 77 heavy (non-hydrogen) atoms. The van der Waals surface area contributed by atoms with Gasteiger partial charge in [-0.05, 0) is 77.0 Å². The number of carbonyl (C=O) groups is 2. The fourth-order valence-electron chi connectivity index (χ4n) is 9.53. The van der Waals surface area contributed by atoms with Gasteiger partial charge in [0.25, 0.3) is 0 Å². The number of esters is 1. The Hall–Kier alpha value is -2.90. The number of rotatable bonds is 53. The lowest BCUT2D eigenvalue weighted by Gasteiger charge is -2.41. The van der Waals surface area contributed by atoms with Gasteiger partial charge >= 0.3 is 5.97 Å². The molecule has 0 saturated carbocycles. The molecule has 1 amide bonds. The van der Waals surface area contributed by atoms with Crippen molar-refractivity contribution in [1.82, 2.24) is 5.32 Å². The number of aliphatic hydroxyl groups excluding tert-OH is 5. The highest BCUT2D eigenvalue weighted by Crippen LogP contribution is 2.26. The van der Waals surface area contributed by atoms with Crippen LogP contribution in [0.4, 0.5) is 0 Å². The maximum Gasteiger partial charge on any atom is 0.306 e. The van der Waals surface area contributed by atoms with Crippen molar-refractivity contribution in [3.8, 4) is 0 Å². The summed E-state index contributed by atoms with van der Waals surface area (Å²) in [6.45, 7) is 5.72. The highest BCUT2D eigenvalue weighted by Gasteiger charge is 2.47. The SMILES string of the molecule is CCCCC/C=C\C/C=C\C/C=C\CCCCCCCCCCCCC(=O)OC1C(OCC(NC(=O)C(O)C/C=C/C/C=C\CCCCCCCC)C(O)/C=C/CCCCCCCCCCCCC)OC(CO)C(O)C1O. The molecule has 8 atom stereocenters. The number of aliphatic hydroxyl groups is 5. The molecule has 446 valence electrons. The Balaban J connectivity index is 2.65. The smallest absolute Gasteiger partial charge is 0.306 e. The van der Waals surface area contributed by atoms with Crippen LogP contribution in [0.25, 0.3) is 0 Å². The lowest BCUT2D eigenvalue weighted by molar-refractivity contribution is -0.305. The Morgan fingerprint density at radius 3 is 1.36 bits per heavy atom. The maximum absolute atomic E-state index is 13.3. The van der Waals surface area contributed by atoms with E-state index in [1.807, 2.05) is 12.2 Å². The zero-order valence-electron chi connectivity index (χ0n) is 49.3. The summed E-state index contributed by atoms with van der Waals surface area (Å²) < 4.78 is 17.6. The summed E-state index contributed by atoms with van der Waals surface area (Å²) in [7, 11) is 0. The molecule has 1 aliphatic rings. The molecule has 0 radical (unpaired) electrons. The highest BCUT2D eigenvalue weighted by atomic mass is 16.7. The van der Waals surface area contributed by atoms with Crippen LogP contribution in [0, 0.1) is 0 Å². The fourth-order valence-corrected chi connectivity index (χ4v) is 9.53. The second-order valence-corrected chi connectivity index (χ2v) is 21.8. The van der Waals surface area contributed by atoms with E-state index in [-0.39, 0.29) is 19.4 Å². The Morgan fingerprint density at radius 1 is 0.506 bits per heavy atom. The molecule has 1 heterocycles. The third-order valence-corrected chi connectivity index (χ3v) is 14.6.